The molecule has 3 heterocycles. The zero-order valence-electron chi connectivity index (χ0n) is 36.6. The Morgan fingerprint density at radius 2 is 1.54 bits per heavy atom. The third kappa shape index (κ3) is 9.59. The van der Waals surface area contributed by atoms with Crippen molar-refractivity contribution in [2.75, 3.05) is 0 Å². The van der Waals surface area contributed by atoms with Gasteiger partial charge in [0, 0.05) is 37.9 Å². The fourth-order valence-electron chi connectivity index (χ4n) is 10.1. The van der Waals surface area contributed by atoms with E-state index in [1.54, 1.807) is 0 Å². The number of hydrogen-bond donors (Lipinski definition) is 0. The molecule has 2 bridgehead atoms. The average Bonchev–Trinajstić information content (AvgIpc) is 3.56. The van der Waals surface area contributed by atoms with E-state index >= 15 is 0 Å². The van der Waals surface area contributed by atoms with Gasteiger partial charge in [0.2, 0.25) is 0 Å². The largest absolute Gasteiger partial charge is 0.501 e. The zero-order chi connectivity index (χ0) is 40.8. The molecule has 0 saturated heterocycles. The van der Waals surface area contributed by atoms with Crippen LogP contribution in [-0.4, -0.2) is 18.0 Å². The molecule has 0 amide bonds. The maximum atomic E-state index is 6.56. The Balaban J connectivity index is 0.000000206. The van der Waals surface area contributed by atoms with Crippen LogP contribution >= 0.6 is 0 Å². The first-order valence-electron chi connectivity index (χ1n) is 21.6. The third-order valence-corrected chi connectivity index (χ3v) is 14.7. The number of furan rings is 1. The van der Waals surface area contributed by atoms with Crippen LogP contribution in [0.3, 0.4) is 0 Å². The number of nitrogens with zero attached hydrogens (tertiary/aromatic N) is 2. The van der Waals surface area contributed by atoms with Gasteiger partial charge in [-0.15, -0.1) is 54.1 Å². The van der Waals surface area contributed by atoms with Crippen molar-refractivity contribution >= 4 is 35.2 Å². The maximum Gasteiger partial charge on any atom is 0.121 e. The Kier molecular flexibility index (Phi) is 12.7. The summed E-state index contributed by atoms with van der Waals surface area (Å²) < 4.78 is 6.56. The number of aromatic nitrogens is 2. The van der Waals surface area contributed by atoms with E-state index in [4.69, 9.17) is 14.4 Å². The summed E-state index contributed by atoms with van der Waals surface area (Å²) in [4.78, 5) is 9.49. The van der Waals surface area contributed by atoms with Crippen LogP contribution in [0.1, 0.15) is 80.7 Å². The van der Waals surface area contributed by atoms with Crippen LogP contribution < -0.4 is 5.19 Å². The van der Waals surface area contributed by atoms with Gasteiger partial charge in [0.25, 0.3) is 0 Å². The van der Waals surface area contributed by atoms with Crippen molar-refractivity contribution in [3.8, 4) is 33.6 Å². The maximum absolute atomic E-state index is 6.56. The van der Waals surface area contributed by atoms with Crippen molar-refractivity contribution in [1.29, 1.82) is 0 Å². The Hall–Kier alpha value is -4.15. The van der Waals surface area contributed by atoms with E-state index in [0.29, 0.717) is 0 Å². The summed E-state index contributed by atoms with van der Waals surface area (Å²) in [6, 6.07) is 36.9. The molecule has 3 aromatic heterocycles. The molecule has 0 spiro atoms. The summed E-state index contributed by atoms with van der Waals surface area (Å²) in [7, 11) is -1.37. The van der Waals surface area contributed by atoms with Crippen molar-refractivity contribution in [2.45, 2.75) is 106 Å². The smallest absolute Gasteiger partial charge is 0.121 e. The fraction of sp³-hybridized carbons (Fsp3) is 0.370. The van der Waals surface area contributed by atoms with Crippen LogP contribution in [0.15, 0.2) is 102 Å². The number of benzene rings is 4. The van der Waals surface area contributed by atoms with Gasteiger partial charge in [-0.1, -0.05) is 117 Å². The molecule has 0 N–H and O–H groups in total. The number of hydrogen-bond acceptors (Lipinski definition) is 3. The SMILES string of the molecule is CC(C)(C)Cc1cc(-c2[c-]cccc2)ncc1[Si](C)(C)C.Cc1cc(C)c(-c2ccc3c(c2)oc2c(-c4cc(CC5CC6CCC5CC6)ccn4)[c-]ccc23)c(C)c1.[Ir]. The molecule has 307 valence electrons. The second kappa shape index (κ2) is 17.4. The Morgan fingerprint density at radius 3 is 2.20 bits per heavy atom. The molecule has 3 aliphatic carbocycles. The normalized spacial score (nSPS) is 17.7. The van der Waals surface area contributed by atoms with Crippen LogP contribution in [0.2, 0.25) is 19.6 Å². The second-order valence-corrected chi connectivity index (χ2v) is 24.7. The van der Waals surface area contributed by atoms with E-state index in [1.165, 1.54) is 82.7 Å². The quantitative estimate of drug-likeness (QED) is 0.118. The molecule has 10 rings (SSSR count). The van der Waals surface area contributed by atoms with Gasteiger partial charge in [-0.05, 0) is 127 Å². The Bertz CT molecular complexity index is 2550. The Morgan fingerprint density at radius 1 is 0.780 bits per heavy atom. The van der Waals surface area contributed by atoms with Gasteiger partial charge in [0.15, 0.2) is 0 Å². The van der Waals surface area contributed by atoms with Crippen LogP contribution in [0.25, 0.3) is 55.6 Å². The minimum atomic E-state index is -1.37. The van der Waals surface area contributed by atoms with Crippen LogP contribution in [0.5, 0.6) is 0 Å². The molecule has 0 aliphatic heterocycles. The molecule has 1 radical (unpaired) electrons. The van der Waals surface area contributed by atoms with Crippen LogP contribution in [0.4, 0.5) is 0 Å². The minimum Gasteiger partial charge on any atom is -0.501 e. The van der Waals surface area contributed by atoms with E-state index in [9.17, 15) is 0 Å². The number of rotatable bonds is 7. The van der Waals surface area contributed by atoms with Crippen LogP contribution in [-0.2, 0) is 32.9 Å². The third-order valence-electron chi connectivity index (χ3n) is 12.7. The monoisotopic (exact) mass is 973 g/mol. The molecule has 1 atom stereocenters. The predicted octanol–water partition coefficient (Wildman–Crippen LogP) is 14.1. The molecular formula is C54H60IrN2OSi-2. The fourth-order valence-corrected chi connectivity index (χ4v) is 11.7. The molecule has 4 aromatic carbocycles. The van der Waals surface area contributed by atoms with E-state index in [0.717, 1.165) is 68.6 Å². The van der Waals surface area contributed by atoms with Gasteiger partial charge in [0.1, 0.15) is 5.58 Å². The molecule has 7 aromatic rings. The summed E-state index contributed by atoms with van der Waals surface area (Å²) in [6.07, 6.45) is 13.5. The van der Waals surface area contributed by atoms with E-state index in [2.05, 4.69) is 140 Å². The van der Waals surface area contributed by atoms with Crippen molar-refractivity contribution in [1.82, 2.24) is 9.97 Å². The average molecular weight is 973 g/mol. The summed E-state index contributed by atoms with van der Waals surface area (Å²) in [6.45, 7) is 20.6. The number of aryl methyl sites for hydroxylation is 3. The molecule has 3 aliphatic rings. The van der Waals surface area contributed by atoms with Crippen molar-refractivity contribution < 1.29 is 24.5 Å². The van der Waals surface area contributed by atoms with Gasteiger partial charge in [-0.3, -0.25) is 0 Å². The van der Waals surface area contributed by atoms with E-state index in [-0.39, 0.29) is 25.5 Å². The van der Waals surface area contributed by atoms with E-state index < -0.39 is 8.07 Å². The summed E-state index contributed by atoms with van der Waals surface area (Å²) in [5.41, 5.74) is 15.4. The van der Waals surface area contributed by atoms with Crippen molar-refractivity contribution in [2.24, 2.45) is 23.2 Å². The molecule has 59 heavy (non-hydrogen) atoms. The summed E-state index contributed by atoms with van der Waals surface area (Å²) in [5, 5.41) is 3.76. The van der Waals surface area contributed by atoms with Gasteiger partial charge in [0.05, 0.1) is 13.7 Å². The summed E-state index contributed by atoms with van der Waals surface area (Å²) >= 11 is 0. The minimum absolute atomic E-state index is 0. The van der Waals surface area contributed by atoms with Crippen molar-refractivity contribution in [3.05, 3.63) is 137 Å². The van der Waals surface area contributed by atoms with Gasteiger partial charge in [-0.2, -0.15) is 0 Å². The van der Waals surface area contributed by atoms with Gasteiger partial charge in [-0.25, -0.2) is 0 Å². The zero-order valence-corrected chi connectivity index (χ0v) is 40.0. The van der Waals surface area contributed by atoms with Crippen molar-refractivity contribution in [3.63, 3.8) is 0 Å². The molecule has 1 unspecified atom stereocenters. The molecule has 3 nitrogen and oxygen atoms in total. The molecule has 3 fully saturated rings. The predicted molar refractivity (Wildman–Crippen MR) is 247 cm³/mol. The van der Waals surface area contributed by atoms with Gasteiger partial charge >= 0.3 is 0 Å². The summed E-state index contributed by atoms with van der Waals surface area (Å²) in [5.74, 6) is 2.72. The topological polar surface area (TPSA) is 38.9 Å². The first-order valence-corrected chi connectivity index (χ1v) is 25.1. The first-order chi connectivity index (χ1) is 27.7. The first kappa shape index (κ1) is 43.0. The van der Waals surface area contributed by atoms with Gasteiger partial charge < -0.3 is 14.4 Å². The standard InChI is InChI=1S/C35H34NO.C19H26NSi.Ir/c1-21-15-22(2)34(23(3)16-21)27-11-12-29-30-5-4-6-31(35(30)37-33(29)20-27)32-19-25(13-14-36-32)18-28-17-24-7-9-26(28)10-8-24;1-19(2,3)13-16-12-17(15-10-8-7-9-11-15)20-14-18(16)21(4,5)6;/h4-5,11-16,19-20,24,26,28H,7-10,17-18H2,1-3H3;7-10,12,14H,13H2,1-6H3;/q2*-1;. The molecular weight excluding hydrogens is 913 g/mol. The molecule has 5 heteroatoms. The number of fused-ring (bicyclic) bond motifs is 6. The number of pyridine rings is 2. The van der Waals surface area contributed by atoms with Crippen LogP contribution in [0, 0.1) is 56.1 Å². The second-order valence-electron chi connectivity index (χ2n) is 19.7. The van der Waals surface area contributed by atoms with E-state index in [1.807, 2.05) is 30.5 Å². The Labute approximate surface area is 367 Å². The molecule has 3 saturated carbocycles.